The van der Waals surface area contributed by atoms with Crippen molar-refractivity contribution in [1.29, 1.82) is 0 Å². The van der Waals surface area contributed by atoms with Crippen molar-refractivity contribution in [3.05, 3.63) is 41.3 Å². The van der Waals surface area contributed by atoms with Crippen molar-refractivity contribution in [1.82, 2.24) is 19.6 Å². The maximum atomic E-state index is 5.95. The van der Waals surface area contributed by atoms with Crippen LogP contribution in [0.25, 0.3) is 17.0 Å². The van der Waals surface area contributed by atoms with Gasteiger partial charge in [-0.1, -0.05) is 30.7 Å². The molecule has 0 saturated heterocycles. The highest BCUT2D eigenvalue weighted by molar-refractivity contribution is 6.29. The summed E-state index contributed by atoms with van der Waals surface area (Å²) >= 11 is 5.95. The third-order valence-electron chi connectivity index (χ3n) is 3.09. The molecule has 108 valence electrons. The van der Waals surface area contributed by atoms with Crippen LogP contribution in [-0.2, 0) is 0 Å². The van der Waals surface area contributed by atoms with Crippen LogP contribution in [0.5, 0.6) is 5.75 Å². The van der Waals surface area contributed by atoms with Crippen LogP contribution in [0.3, 0.4) is 0 Å². The van der Waals surface area contributed by atoms with Gasteiger partial charge in [0, 0.05) is 11.6 Å². The van der Waals surface area contributed by atoms with Gasteiger partial charge in [-0.05, 0) is 25.5 Å². The lowest BCUT2D eigenvalue weighted by Gasteiger charge is -2.07. The molecule has 2 aromatic heterocycles. The third kappa shape index (κ3) is 2.69. The number of fused-ring (bicyclic) bond motifs is 1. The van der Waals surface area contributed by atoms with E-state index in [0.29, 0.717) is 17.4 Å². The predicted octanol–water partition coefficient (Wildman–Crippen LogP) is 3.54. The van der Waals surface area contributed by atoms with Gasteiger partial charge in [-0.25, -0.2) is 4.98 Å². The monoisotopic (exact) mass is 302 g/mol. The van der Waals surface area contributed by atoms with E-state index in [1.165, 1.54) is 0 Å². The second-order valence-corrected chi connectivity index (χ2v) is 5.11. The highest BCUT2D eigenvalue weighted by Crippen LogP contribution is 2.24. The van der Waals surface area contributed by atoms with Gasteiger partial charge < -0.3 is 4.74 Å². The second kappa shape index (κ2) is 5.69. The average molecular weight is 303 g/mol. The fraction of sp³-hybridized carbons (Fsp3) is 0.267. The zero-order valence-electron chi connectivity index (χ0n) is 11.9. The molecule has 0 spiro atoms. The largest absolute Gasteiger partial charge is 0.494 e. The molecule has 3 aromatic rings. The summed E-state index contributed by atoms with van der Waals surface area (Å²) < 4.78 is 7.54. The standard InChI is InChI=1S/C15H15ClN4O/c1-3-7-21-12-6-4-5-11(8-12)15-19-18-14-9-13(16)17-10(2)20(14)15/h4-6,8-9H,3,7H2,1-2H3. The number of nitrogens with zero attached hydrogens (tertiary/aromatic N) is 4. The van der Waals surface area contributed by atoms with Gasteiger partial charge in [0.25, 0.3) is 0 Å². The van der Waals surface area contributed by atoms with Crippen molar-refractivity contribution in [2.45, 2.75) is 20.3 Å². The normalized spacial score (nSPS) is 11.0. The summed E-state index contributed by atoms with van der Waals surface area (Å²) in [5.74, 6) is 2.30. The van der Waals surface area contributed by atoms with Crippen LogP contribution in [0.4, 0.5) is 0 Å². The lowest BCUT2D eigenvalue weighted by molar-refractivity contribution is 0.317. The minimum atomic E-state index is 0.416. The van der Waals surface area contributed by atoms with Crippen LogP contribution in [-0.4, -0.2) is 26.2 Å². The Morgan fingerprint density at radius 1 is 1.24 bits per heavy atom. The smallest absolute Gasteiger partial charge is 0.169 e. The lowest BCUT2D eigenvalue weighted by atomic mass is 10.2. The number of aryl methyl sites for hydroxylation is 1. The quantitative estimate of drug-likeness (QED) is 0.692. The molecule has 0 amide bonds. The summed E-state index contributed by atoms with van der Waals surface area (Å²) in [6.45, 7) is 4.65. The summed E-state index contributed by atoms with van der Waals surface area (Å²) in [6, 6.07) is 9.51. The van der Waals surface area contributed by atoms with Gasteiger partial charge in [0.2, 0.25) is 0 Å². The van der Waals surface area contributed by atoms with Crippen LogP contribution in [0.15, 0.2) is 30.3 Å². The van der Waals surface area contributed by atoms with Crippen LogP contribution in [0, 0.1) is 6.92 Å². The number of hydrogen-bond donors (Lipinski definition) is 0. The molecule has 0 N–H and O–H groups in total. The van der Waals surface area contributed by atoms with Crippen molar-refractivity contribution in [2.24, 2.45) is 0 Å². The summed E-state index contributed by atoms with van der Waals surface area (Å²) in [6.07, 6.45) is 0.972. The van der Waals surface area contributed by atoms with Gasteiger partial charge in [0.05, 0.1) is 6.61 Å². The first-order valence-electron chi connectivity index (χ1n) is 6.80. The molecule has 0 aliphatic heterocycles. The number of aromatic nitrogens is 4. The number of ether oxygens (including phenoxy) is 1. The highest BCUT2D eigenvalue weighted by atomic mass is 35.5. The molecule has 0 fully saturated rings. The Hall–Kier alpha value is -2.14. The van der Waals surface area contributed by atoms with E-state index >= 15 is 0 Å². The Labute approximate surface area is 127 Å². The van der Waals surface area contributed by atoms with E-state index in [1.807, 2.05) is 35.6 Å². The number of rotatable bonds is 4. The van der Waals surface area contributed by atoms with Crippen molar-refractivity contribution < 1.29 is 4.74 Å². The summed E-state index contributed by atoms with van der Waals surface area (Å²) in [7, 11) is 0. The zero-order valence-corrected chi connectivity index (χ0v) is 12.6. The Balaban J connectivity index is 2.08. The Kier molecular flexibility index (Phi) is 3.75. The summed E-state index contributed by atoms with van der Waals surface area (Å²) in [5, 5.41) is 8.82. The molecular formula is C15H15ClN4O. The topological polar surface area (TPSA) is 52.3 Å². The van der Waals surface area contributed by atoms with Crippen molar-refractivity contribution in [3.63, 3.8) is 0 Å². The molecular weight excluding hydrogens is 288 g/mol. The van der Waals surface area contributed by atoms with Crippen LogP contribution < -0.4 is 4.74 Å². The number of benzene rings is 1. The first kappa shape index (κ1) is 13.8. The van der Waals surface area contributed by atoms with Crippen LogP contribution >= 0.6 is 11.6 Å². The second-order valence-electron chi connectivity index (χ2n) is 4.72. The fourth-order valence-electron chi connectivity index (χ4n) is 2.18. The molecule has 0 unspecified atom stereocenters. The lowest BCUT2D eigenvalue weighted by Crippen LogP contribution is -1.99. The Morgan fingerprint density at radius 2 is 2.10 bits per heavy atom. The summed E-state index contributed by atoms with van der Waals surface area (Å²) in [4.78, 5) is 4.25. The van der Waals surface area contributed by atoms with Crippen LogP contribution in [0.2, 0.25) is 5.15 Å². The minimum absolute atomic E-state index is 0.416. The van der Waals surface area contributed by atoms with Gasteiger partial charge in [-0.2, -0.15) is 0 Å². The molecule has 3 rings (SSSR count). The maximum Gasteiger partial charge on any atom is 0.169 e. The Morgan fingerprint density at radius 3 is 2.90 bits per heavy atom. The van der Waals surface area contributed by atoms with Crippen molar-refractivity contribution in [3.8, 4) is 17.1 Å². The molecule has 0 atom stereocenters. The highest BCUT2D eigenvalue weighted by Gasteiger charge is 2.12. The fourth-order valence-corrected chi connectivity index (χ4v) is 2.40. The van der Waals surface area contributed by atoms with E-state index in [4.69, 9.17) is 16.3 Å². The van der Waals surface area contributed by atoms with E-state index in [9.17, 15) is 0 Å². The van der Waals surface area contributed by atoms with Crippen molar-refractivity contribution in [2.75, 3.05) is 6.61 Å². The van der Waals surface area contributed by atoms with Gasteiger partial charge in [-0.3, -0.25) is 4.40 Å². The van der Waals surface area contributed by atoms with E-state index in [-0.39, 0.29) is 0 Å². The predicted molar refractivity (Wildman–Crippen MR) is 81.8 cm³/mol. The molecule has 21 heavy (non-hydrogen) atoms. The SMILES string of the molecule is CCCOc1cccc(-c2nnc3cc(Cl)nc(C)n23)c1. The molecule has 0 saturated carbocycles. The van der Waals surface area contributed by atoms with E-state index < -0.39 is 0 Å². The van der Waals surface area contributed by atoms with Gasteiger partial charge in [0.1, 0.15) is 16.7 Å². The average Bonchev–Trinajstić information content (AvgIpc) is 2.89. The molecule has 0 aliphatic carbocycles. The number of hydrogen-bond acceptors (Lipinski definition) is 4. The molecule has 1 aromatic carbocycles. The van der Waals surface area contributed by atoms with E-state index in [1.54, 1.807) is 6.07 Å². The third-order valence-corrected chi connectivity index (χ3v) is 3.29. The molecule has 2 heterocycles. The van der Waals surface area contributed by atoms with E-state index in [2.05, 4.69) is 22.1 Å². The summed E-state index contributed by atoms with van der Waals surface area (Å²) in [5.41, 5.74) is 1.62. The molecule has 0 bridgehead atoms. The van der Waals surface area contributed by atoms with Gasteiger partial charge in [0.15, 0.2) is 11.5 Å². The van der Waals surface area contributed by atoms with Gasteiger partial charge >= 0.3 is 0 Å². The molecule has 6 heteroatoms. The molecule has 0 radical (unpaired) electrons. The van der Waals surface area contributed by atoms with Crippen molar-refractivity contribution >= 4 is 17.2 Å². The molecule has 5 nitrogen and oxygen atoms in total. The number of halogens is 1. The zero-order chi connectivity index (χ0) is 14.8. The van der Waals surface area contributed by atoms with Crippen LogP contribution in [0.1, 0.15) is 19.2 Å². The minimum Gasteiger partial charge on any atom is -0.494 e. The molecule has 0 aliphatic rings. The first-order valence-corrected chi connectivity index (χ1v) is 7.18. The Bertz CT molecular complexity index is 784. The maximum absolute atomic E-state index is 5.95. The van der Waals surface area contributed by atoms with E-state index in [0.717, 1.165) is 29.4 Å². The first-order chi connectivity index (χ1) is 10.2. The van der Waals surface area contributed by atoms with Gasteiger partial charge in [-0.15, -0.1) is 10.2 Å².